The van der Waals surface area contributed by atoms with Crippen LogP contribution in [0, 0.1) is 19.8 Å². The summed E-state index contributed by atoms with van der Waals surface area (Å²) >= 11 is 1.21. The molecule has 5 heteroatoms. The molecule has 128 valence electrons. The van der Waals surface area contributed by atoms with E-state index in [0.29, 0.717) is 17.3 Å². The number of carbonyl (C=O) groups excluding carboxylic acids is 1. The molecule has 1 fully saturated rings. The molecule has 0 saturated heterocycles. The summed E-state index contributed by atoms with van der Waals surface area (Å²) in [5.74, 6) is 0.697. The topological polar surface area (TPSA) is 46.1 Å². The van der Waals surface area contributed by atoms with Gasteiger partial charge < -0.3 is 4.90 Å². The molecular weight excluding hydrogens is 318 g/mol. The van der Waals surface area contributed by atoms with Crippen molar-refractivity contribution in [2.75, 3.05) is 6.54 Å². The van der Waals surface area contributed by atoms with Crippen molar-refractivity contribution in [2.24, 2.45) is 5.92 Å². The van der Waals surface area contributed by atoms with Crippen molar-refractivity contribution in [2.45, 2.75) is 52.5 Å². The number of hydrogen-bond acceptors (Lipinski definition) is 4. The number of nitrogens with zero attached hydrogens (tertiary/aromatic N) is 3. The van der Waals surface area contributed by atoms with Gasteiger partial charge in [0.25, 0.3) is 5.91 Å². The van der Waals surface area contributed by atoms with Crippen molar-refractivity contribution < 1.29 is 4.79 Å². The number of aryl methyl sites for hydroxylation is 2. The van der Waals surface area contributed by atoms with Crippen LogP contribution in [0.2, 0.25) is 0 Å². The van der Waals surface area contributed by atoms with E-state index in [9.17, 15) is 4.79 Å². The molecule has 0 spiro atoms. The van der Waals surface area contributed by atoms with Crippen LogP contribution in [0.15, 0.2) is 24.3 Å². The van der Waals surface area contributed by atoms with E-state index in [2.05, 4.69) is 40.8 Å². The van der Waals surface area contributed by atoms with Gasteiger partial charge in [-0.2, -0.15) is 0 Å². The highest BCUT2D eigenvalue weighted by Crippen LogP contribution is 2.26. The Labute approximate surface area is 148 Å². The summed E-state index contributed by atoms with van der Waals surface area (Å²) in [5.41, 5.74) is 3.16. The van der Waals surface area contributed by atoms with Gasteiger partial charge in [0.15, 0.2) is 0 Å². The Balaban J connectivity index is 1.79. The first kappa shape index (κ1) is 17.1. The zero-order valence-electron chi connectivity index (χ0n) is 14.5. The van der Waals surface area contributed by atoms with Gasteiger partial charge in [-0.3, -0.25) is 4.79 Å². The minimum atomic E-state index is 0.0783. The number of amides is 1. The van der Waals surface area contributed by atoms with E-state index >= 15 is 0 Å². The summed E-state index contributed by atoms with van der Waals surface area (Å²) in [6.07, 6.45) is 6.38. The molecule has 0 atom stereocenters. The van der Waals surface area contributed by atoms with Gasteiger partial charge >= 0.3 is 0 Å². The second-order valence-corrected chi connectivity index (χ2v) is 7.62. The van der Waals surface area contributed by atoms with Gasteiger partial charge in [0.1, 0.15) is 4.88 Å². The van der Waals surface area contributed by atoms with E-state index in [1.54, 1.807) is 0 Å². The summed E-state index contributed by atoms with van der Waals surface area (Å²) in [6.45, 7) is 5.45. The molecule has 1 amide bonds. The lowest BCUT2D eigenvalue weighted by Crippen LogP contribution is -2.35. The van der Waals surface area contributed by atoms with Crippen molar-refractivity contribution in [1.29, 1.82) is 0 Å². The van der Waals surface area contributed by atoms with Crippen LogP contribution in [0.25, 0.3) is 0 Å². The number of hydrogen-bond donors (Lipinski definition) is 0. The predicted octanol–water partition coefficient (Wildman–Crippen LogP) is 4.38. The number of aromatic nitrogens is 2. The van der Waals surface area contributed by atoms with Crippen molar-refractivity contribution in [3.05, 3.63) is 46.0 Å². The zero-order valence-corrected chi connectivity index (χ0v) is 15.3. The standard InChI is InChI=1S/C19H25N3OS/c1-14-7-6-10-17(11-14)13-22(12-16-8-4-3-5-9-16)19(23)18-15(2)20-21-24-18/h6-7,10-11,16H,3-5,8-9,12-13H2,1-2H3. The fourth-order valence-corrected chi connectivity index (χ4v) is 4.13. The Morgan fingerprint density at radius 2 is 2.04 bits per heavy atom. The third kappa shape index (κ3) is 4.20. The van der Waals surface area contributed by atoms with Gasteiger partial charge in [-0.25, -0.2) is 0 Å². The quantitative estimate of drug-likeness (QED) is 0.809. The lowest BCUT2D eigenvalue weighted by atomic mass is 9.89. The monoisotopic (exact) mass is 343 g/mol. The molecule has 1 heterocycles. The SMILES string of the molecule is Cc1cccc(CN(CC2CCCCC2)C(=O)c2snnc2C)c1. The Bertz CT molecular complexity index is 691. The van der Waals surface area contributed by atoms with Crippen LogP contribution >= 0.6 is 11.5 Å². The van der Waals surface area contributed by atoms with E-state index in [1.165, 1.54) is 54.8 Å². The van der Waals surface area contributed by atoms with Gasteiger partial charge in [-0.1, -0.05) is 53.6 Å². The number of carbonyl (C=O) groups is 1. The molecular formula is C19H25N3OS. The lowest BCUT2D eigenvalue weighted by Gasteiger charge is -2.29. The van der Waals surface area contributed by atoms with Gasteiger partial charge in [-0.05, 0) is 49.7 Å². The van der Waals surface area contributed by atoms with Gasteiger partial charge in [0.2, 0.25) is 0 Å². The summed E-state index contributed by atoms with van der Waals surface area (Å²) < 4.78 is 3.94. The highest BCUT2D eigenvalue weighted by molar-refractivity contribution is 7.07. The van der Waals surface area contributed by atoms with E-state index in [0.717, 1.165) is 12.2 Å². The molecule has 1 aromatic carbocycles. The molecule has 1 aromatic heterocycles. The molecule has 1 saturated carbocycles. The first-order valence-electron chi connectivity index (χ1n) is 8.77. The molecule has 2 aromatic rings. The highest BCUT2D eigenvalue weighted by atomic mass is 32.1. The molecule has 0 N–H and O–H groups in total. The van der Waals surface area contributed by atoms with Gasteiger partial charge in [-0.15, -0.1) is 5.10 Å². The molecule has 0 unspecified atom stereocenters. The molecule has 1 aliphatic carbocycles. The second kappa shape index (κ2) is 7.88. The Kier molecular flexibility index (Phi) is 5.61. The summed E-state index contributed by atoms with van der Waals surface area (Å²) in [5, 5.41) is 4.01. The van der Waals surface area contributed by atoms with Crippen LogP contribution in [-0.2, 0) is 6.54 Å². The van der Waals surface area contributed by atoms with Crippen molar-refractivity contribution in [3.63, 3.8) is 0 Å². The smallest absolute Gasteiger partial charge is 0.267 e. The van der Waals surface area contributed by atoms with Crippen molar-refractivity contribution in [1.82, 2.24) is 14.5 Å². The maximum Gasteiger partial charge on any atom is 0.267 e. The normalized spacial score (nSPS) is 15.4. The van der Waals surface area contributed by atoms with Crippen LogP contribution in [0.3, 0.4) is 0 Å². The highest BCUT2D eigenvalue weighted by Gasteiger charge is 2.25. The molecule has 4 nitrogen and oxygen atoms in total. The van der Waals surface area contributed by atoms with E-state index in [-0.39, 0.29) is 5.91 Å². The molecule has 0 radical (unpaired) electrons. The third-order valence-electron chi connectivity index (χ3n) is 4.79. The Morgan fingerprint density at radius 1 is 1.25 bits per heavy atom. The number of rotatable bonds is 5. The fraction of sp³-hybridized carbons (Fsp3) is 0.526. The third-order valence-corrected chi connectivity index (χ3v) is 5.61. The van der Waals surface area contributed by atoms with Gasteiger partial charge in [0, 0.05) is 13.1 Å². The molecule has 24 heavy (non-hydrogen) atoms. The van der Waals surface area contributed by atoms with Crippen molar-refractivity contribution in [3.8, 4) is 0 Å². The lowest BCUT2D eigenvalue weighted by molar-refractivity contribution is 0.0703. The first-order valence-corrected chi connectivity index (χ1v) is 9.54. The second-order valence-electron chi connectivity index (χ2n) is 6.87. The maximum atomic E-state index is 13.0. The molecule has 1 aliphatic rings. The average molecular weight is 343 g/mol. The van der Waals surface area contributed by atoms with Crippen LogP contribution in [0.5, 0.6) is 0 Å². The van der Waals surface area contributed by atoms with E-state index < -0.39 is 0 Å². The summed E-state index contributed by atoms with van der Waals surface area (Å²) in [6, 6.07) is 8.42. The Morgan fingerprint density at radius 3 is 2.71 bits per heavy atom. The van der Waals surface area contributed by atoms with E-state index in [4.69, 9.17) is 0 Å². The Hall–Kier alpha value is -1.75. The maximum absolute atomic E-state index is 13.0. The van der Waals surface area contributed by atoms with Crippen LogP contribution < -0.4 is 0 Å². The van der Waals surface area contributed by atoms with Crippen LogP contribution in [0.1, 0.15) is 58.6 Å². The fourth-order valence-electron chi connectivity index (χ4n) is 3.50. The van der Waals surface area contributed by atoms with E-state index in [1.807, 2.05) is 11.8 Å². The van der Waals surface area contributed by atoms with Crippen LogP contribution in [0.4, 0.5) is 0 Å². The summed E-state index contributed by atoms with van der Waals surface area (Å²) in [4.78, 5) is 15.7. The minimum absolute atomic E-state index is 0.0783. The molecule has 3 rings (SSSR count). The minimum Gasteiger partial charge on any atom is -0.333 e. The van der Waals surface area contributed by atoms with Crippen LogP contribution in [-0.4, -0.2) is 26.9 Å². The number of benzene rings is 1. The zero-order chi connectivity index (χ0) is 16.9. The largest absolute Gasteiger partial charge is 0.333 e. The average Bonchev–Trinajstić information content (AvgIpc) is 3.01. The summed E-state index contributed by atoms with van der Waals surface area (Å²) in [7, 11) is 0. The van der Waals surface area contributed by atoms with Gasteiger partial charge in [0.05, 0.1) is 5.69 Å². The molecule has 0 bridgehead atoms. The first-order chi connectivity index (χ1) is 11.6. The molecule has 0 aliphatic heterocycles. The predicted molar refractivity (Wildman–Crippen MR) is 97.1 cm³/mol. The van der Waals surface area contributed by atoms with Crippen molar-refractivity contribution >= 4 is 17.4 Å².